The van der Waals surface area contributed by atoms with E-state index in [1.165, 1.54) is 7.11 Å². The number of hydrogen-bond acceptors (Lipinski definition) is 4. The third-order valence-corrected chi connectivity index (χ3v) is 4.23. The Balaban J connectivity index is 1.87. The van der Waals surface area contributed by atoms with Crippen LogP contribution in [-0.4, -0.2) is 50.0 Å². The maximum Gasteiger partial charge on any atom is 0.308 e. The van der Waals surface area contributed by atoms with Gasteiger partial charge in [0.05, 0.1) is 13.0 Å². The molecule has 1 amide bonds. The van der Waals surface area contributed by atoms with Gasteiger partial charge in [0.1, 0.15) is 0 Å². The fraction of sp³-hybridized carbons (Fsp3) is 0.471. The molecule has 0 aliphatic carbocycles. The van der Waals surface area contributed by atoms with Crippen molar-refractivity contribution in [2.24, 2.45) is 16.6 Å². The number of hydrogen-bond donors (Lipinski definition) is 2. The van der Waals surface area contributed by atoms with E-state index < -0.39 is 5.91 Å². The second-order valence-corrected chi connectivity index (χ2v) is 5.75. The van der Waals surface area contributed by atoms with Crippen LogP contribution < -0.4 is 11.1 Å². The Morgan fingerprint density at radius 2 is 1.92 bits per heavy atom. The monoisotopic (exact) mass is 332 g/mol. The van der Waals surface area contributed by atoms with Crippen LogP contribution in [0.15, 0.2) is 29.3 Å². The first kappa shape index (κ1) is 17.8. The molecule has 1 aromatic rings. The second-order valence-electron chi connectivity index (χ2n) is 5.75. The summed E-state index contributed by atoms with van der Waals surface area (Å²) in [5.74, 6) is 0.217. The lowest BCUT2D eigenvalue weighted by Gasteiger charge is -2.33. The number of methoxy groups -OCH3 is 1. The molecule has 1 saturated heterocycles. The Morgan fingerprint density at radius 3 is 2.42 bits per heavy atom. The Kier molecular flexibility index (Phi) is 6.17. The molecule has 1 fully saturated rings. The summed E-state index contributed by atoms with van der Waals surface area (Å²) in [6, 6.07) is 7.15. The Bertz CT molecular complexity index is 605. The van der Waals surface area contributed by atoms with Gasteiger partial charge in [-0.3, -0.25) is 14.6 Å². The van der Waals surface area contributed by atoms with Crippen molar-refractivity contribution in [1.82, 2.24) is 10.2 Å². The number of piperidine rings is 1. The van der Waals surface area contributed by atoms with Gasteiger partial charge in [0, 0.05) is 32.2 Å². The second kappa shape index (κ2) is 8.33. The van der Waals surface area contributed by atoms with Crippen molar-refractivity contribution in [3.63, 3.8) is 0 Å². The fourth-order valence-electron chi connectivity index (χ4n) is 2.79. The number of esters is 1. The van der Waals surface area contributed by atoms with Crippen molar-refractivity contribution in [2.75, 3.05) is 27.2 Å². The van der Waals surface area contributed by atoms with Crippen LogP contribution in [-0.2, 0) is 16.1 Å². The number of aliphatic imine (C=N–C) groups is 1. The molecule has 0 radical (unpaired) electrons. The van der Waals surface area contributed by atoms with Crippen LogP contribution in [0, 0.1) is 5.92 Å². The zero-order valence-electron chi connectivity index (χ0n) is 14.1. The number of carbonyl (C=O) groups is 2. The number of nitrogens with one attached hydrogen (secondary N) is 1. The number of nitrogens with two attached hydrogens (primary N) is 1. The maximum absolute atomic E-state index is 11.6. The molecule has 0 spiro atoms. The highest BCUT2D eigenvalue weighted by molar-refractivity contribution is 5.92. The lowest BCUT2D eigenvalue weighted by molar-refractivity contribution is -0.146. The van der Waals surface area contributed by atoms with Gasteiger partial charge in [0.15, 0.2) is 5.96 Å². The van der Waals surface area contributed by atoms with E-state index >= 15 is 0 Å². The predicted octanol–water partition coefficient (Wildman–Crippen LogP) is 0.746. The lowest BCUT2D eigenvalue weighted by Crippen LogP contribution is -2.46. The average molecular weight is 332 g/mol. The van der Waals surface area contributed by atoms with Crippen molar-refractivity contribution >= 4 is 17.8 Å². The summed E-state index contributed by atoms with van der Waals surface area (Å²) in [7, 11) is 3.17. The van der Waals surface area contributed by atoms with E-state index in [2.05, 4.69) is 15.2 Å². The molecule has 24 heavy (non-hydrogen) atoms. The number of carbonyl (C=O) groups excluding carboxylic acids is 2. The number of rotatable bonds is 4. The van der Waals surface area contributed by atoms with Crippen LogP contribution in [0.25, 0.3) is 0 Å². The molecule has 0 saturated carbocycles. The van der Waals surface area contributed by atoms with Crippen LogP contribution in [0.3, 0.4) is 0 Å². The molecular weight excluding hydrogens is 308 g/mol. The minimum atomic E-state index is -0.432. The Labute approximate surface area is 141 Å². The summed E-state index contributed by atoms with van der Waals surface area (Å²) in [5.41, 5.74) is 6.76. The molecule has 3 N–H and O–H groups in total. The zero-order chi connectivity index (χ0) is 17.5. The fourth-order valence-corrected chi connectivity index (χ4v) is 2.79. The zero-order valence-corrected chi connectivity index (χ0v) is 14.1. The van der Waals surface area contributed by atoms with Gasteiger partial charge in [-0.05, 0) is 30.5 Å². The van der Waals surface area contributed by atoms with Gasteiger partial charge in [-0.2, -0.15) is 0 Å². The van der Waals surface area contributed by atoms with E-state index in [1.807, 2.05) is 12.1 Å². The molecule has 7 heteroatoms. The predicted molar refractivity (Wildman–Crippen MR) is 91.5 cm³/mol. The van der Waals surface area contributed by atoms with Gasteiger partial charge in [0.25, 0.3) is 0 Å². The highest BCUT2D eigenvalue weighted by Crippen LogP contribution is 2.18. The summed E-state index contributed by atoms with van der Waals surface area (Å²) in [6.45, 7) is 2.13. The Hall–Kier alpha value is -2.57. The number of amides is 1. The van der Waals surface area contributed by atoms with E-state index in [-0.39, 0.29) is 11.9 Å². The number of ether oxygens (including phenoxy) is 1. The summed E-state index contributed by atoms with van der Waals surface area (Å²) in [5, 5.41) is 3.31. The number of guanidine groups is 1. The first-order chi connectivity index (χ1) is 11.5. The van der Waals surface area contributed by atoms with E-state index in [0.29, 0.717) is 12.1 Å². The van der Waals surface area contributed by atoms with Crippen LogP contribution in [0.5, 0.6) is 0 Å². The molecule has 0 unspecified atom stereocenters. The van der Waals surface area contributed by atoms with E-state index in [9.17, 15) is 9.59 Å². The topological polar surface area (TPSA) is 97.0 Å². The summed E-state index contributed by atoms with van der Waals surface area (Å²) < 4.78 is 4.81. The molecule has 1 aliphatic rings. The molecule has 130 valence electrons. The third kappa shape index (κ3) is 4.47. The highest BCUT2D eigenvalue weighted by Gasteiger charge is 2.26. The first-order valence-corrected chi connectivity index (χ1v) is 7.97. The molecule has 2 rings (SSSR count). The lowest BCUT2D eigenvalue weighted by atomic mass is 9.97. The largest absolute Gasteiger partial charge is 0.469 e. The number of nitrogens with zero attached hydrogens (tertiary/aromatic N) is 2. The molecular formula is C17H24N4O3. The highest BCUT2D eigenvalue weighted by atomic mass is 16.5. The van der Waals surface area contributed by atoms with Crippen molar-refractivity contribution in [2.45, 2.75) is 19.4 Å². The molecule has 1 heterocycles. The van der Waals surface area contributed by atoms with Gasteiger partial charge in [0.2, 0.25) is 5.91 Å². The molecule has 1 aliphatic heterocycles. The average Bonchev–Trinajstić information content (AvgIpc) is 2.62. The molecule has 1 aromatic carbocycles. The van der Waals surface area contributed by atoms with Crippen LogP contribution >= 0.6 is 0 Å². The van der Waals surface area contributed by atoms with Gasteiger partial charge in [-0.25, -0.2) is 0 Å². The molecule has 0 aromatic heterocycles. The smallest absolute Gasteiger partial charge is 0.308 e. The minimum Gasteiger partial charge on any atom is -0.469 e. The van der Waals surface area contributed by atoms with Crippen molar-refractivity contribution < 1.29 is 14.3 Å². The maximum atomic E-state index is 11.6. The number of likely N-dealkylation sites (tertiary alicyclic amines) is 1. The Morgan fingerprint density at radius 1 is 1.29 bits per heavy atom. The van der Waals surface area contributed by atoms with Crippen molar-refractivity contribution in [3.8, 4) is 0 Å². The van der Waals surface area contributed by atoms with Gasteiger partial charge >= 0.3 is 5.97 Å². The summed E-state index contributed by atoms with van der Waals surface area (Å²) in [6.07, 6.45) is 1.53. The quantitative estimate of drug-likeness (QED) is 0.482. The first-order valence-electron chi connectivity index (χ1n) is 7.97. The van der Waals surface area contributed by atoms with E-state index in [0.717, 1.165) is 37.5 Å². The summed E-state index contributed by atoms with van der Waals surface area (Å²) in [4.78, 5) is 29.1. The van der Waals surface area contributed by atoms with Gasteiger partial charge in [-0.15, -0.1) is 0 Å². The number of benzene rings is 1. The molecule has 0 atom stereocenters. The van der Waals surface area contributed by atoms with Crippen molar-refractivity contribution in [1.29, 1.82) is 0 Å². The van der Waals surface area contributed by atoms with Gasteiger partial charge in [-0.1, -0.05) is 12.1 Å². The van der Waals surface area contributed by atoms with E-state index in [4.69, 9.17) is 10.5 Å². The number of primary amides is 1. The third-order valence-electron chi connectivity index (χ3n) is 4.23. The minimum absolute atomic E-state index is 0.0225. The van der Waals surface area contributed by atoms with Crippen molar-refractivity contribution in [3.05, 3.63) is 35.4 Å². The normalized spacial score (nSPS) is 15.9. The summed E-state index contributed by atoms with van der Waals surface area (Å²) >= 11 is 0. The van der Waals surface area contributed by atoms with E-state index in [1.54, 1.807) is 19.2 Å². The van der Waals surface area contributed by atoms with Crippen LogP contribution in [0.2, 0.25) is 0 Å². The van der Waals surface area contributed by atoms with Crippen LogP contribution in [0.4, 0.5) is 0 Å². The van der Waals surface area contributed by atoms with Crippen LogP contribution in [0.1, 0.15) is 28.8 Å². The SMILES string of the molecule is CN=C(NCc1ccc(C(N)=O)cc1)N1CCC(C(=O)OC)CC1. The molecule has 7 nitrogen and oxygen atoms in total. The van der Waals surface area contributed by atoms with Gasteiger partial charge < -0.3 is 20.7 Å². The standard InChI is InChI=1S/C17H24N4O3/c1-19-17(21-9-7-14(8-10-21)16(23)24-2)20-11-12-3-5-13(6-4-12)15(18)22/h3-6,14H,7-11H2,1-2H3,(H2,18,22)(H,19,20). The molecule has 0 bridgehead atoms.